The molecule has 1 atom stereocenters. The maximum absolute atomic E-state index is 5.96. The molecule has 0 fully saturated rings. The number of nitrogens with two attached hydrogens (primary N) is 1. The summed E-state index contributed by atoms with van der Waals surface area (Å²) in [5.74, 6) is 1.39. The third-order valence-corrected chi connectivity index (χ3v) is 2.89. The minimum Gasteiger partial charge on any atom is -0.496 e. The van der Waals surface area contributed by atoms with E-state index in [1.165, 1.54) is 4.88 Å². The molecule has 1 aromatic rings. The number of hydrogen-bond acceptors (Lipinski definition) is 3. The lowest BCUT2D eigenvalue weighted by atomic mass is 10.0. The van der Waals surface area contributed by atoms with Gasteiger partial charge >= 0.3 is 0 Å². The van der Waals surface area contributed by atoms with Gasteiger partial charge in [0.05, 0.1) is 7.11 Å². The molecule has 0 radical (unpaired) electrons. The molecule has 0 aliphatic carbocycles. The van der Waals surface area contributed by atoms with Gasteiger partial charge in [0.25, 0.3) is 0 Å². The van der Waals surface area contributed by atoms with Crippen molar-refractivity contribution in [3.63, 3.8) is 0 Å². The standard InChI is InChI=1S/C9H15NOS/c1-6(2)9(10)8-4-7(11-3)5-12-8/h4-6,9H,10H2,1-3H3. The summed E-state index contributed by atoms with van der Waals surface area (Å²) in [6, 6.07) is 2.15. The number of methoxy groups -OCH3 is 1. The van der Waals surface area contributed by atoms with Gasteiger partial charge in [-0.05, 0) is 12.0 Å². The fourth-order valence-corrected chi connectivity index (χ4v) is 1.97. The van der Waals surface area contributed by atoms with Gasteiger partial charge in [0.1, 0.15) is 5.75 Å². The van der Waals surface area contributed by atoms with Crippen molar-refractivity contribution in [2.75, 3.05) is 7.11 Å². The van der Waals surface area contributed by atoms with Gasteiger partial charge in [-0.2, -0.15) is 0 Å². The van der Waals surface area contributed by atoms with Crippen molar-refractivity contribution in [1.82, 2.24) is 0 Å². The lowest BCUT2D eigenvalue weighted by Crippen LogP contribution is -2.14. The fraction of sp³-hybridized carbons (Fsp3) is 0.556. The molecule has 0 spiro atoms. The summed E-state index contributed by atoms with van der Waals surface area (Å²) in [5, 5.41) is 1.98. The molecule has 3 heteroatoms. The van der Waals surface area contributed by atoms with Crippen molar-refractivity contribution in [3.8, 4) is 5.75 Å². The summed E-state index contributed by atoms with van der Waals surface area (Å²) in [5.41, 5.74) is 5.96. The third-order valence-electron chi connectivity index (χ3n) is 1.88. The Morgan fingerprint density at radius 2 is 2.17 bits per heavy atom. The van der Waals surface area contributed by atoms with Crippen molar-refractivity contribution in [2.24, 2.45) is 11.7 Å². The first kappa shape index (κ1) is 9.55. The van der Waals surface area contributed by atoms with Crippen molar-refractivity contribution >= 4 is 11.3 Å². The molecule has 2 N–H and O–H groups in total. The van der Waals surface area contributed by atoms with E-state index in [-0.39, 0.29) is 6.04 Å². The summed E-state index contributed by atoms with van der Waals surface area (Å²) < 4.78 is 5.08. The van der Waals surface area contributed by atoms with Gasteiger partial charge in [-0.25, -0.2) is 0 Å². The Morgan fingerprint density at radius 1 is 1.50 bits per heavy atom. The molecule has 1 heterocycles. The number of rotatable bonds is 3. The number of ether oxygens (including phenoxy) is 1. The maximum atomic E-state index is 5.96. The lowest BCUT2D eigenvalue weighted by Gasteiger charge is -2.12. The molecule has 0 aliphatic heterocycles. The Bertz CT molecular complexity index is 244. The first-order chi connectivity index (χ1) is 5.65. The van der Waals surface area contributed by atoms with Crippen molar-refractivity contribution < 1.29 is 4.74 Å². The summed E-state index contributed by atoms with van der Waals surface area (Å²) in [4.78, 5) is 1.20. The Labute approximate surface area is 77.3 Å². The molecule has 1 unspecified atom stereocenters. The van der Waals surface area contributed by atoms with E-state index in [2.05, 4.69) is 13.8 Å². The molecule has 2 nitrogen and oxygen atoms in total. The van der Waals surface area contributed by atoms with Gasteiger partial charge in [0, 0.05) is 16.3 Å². The molecule has 1 rings (SSSR count). The summed E-state index contributed by atoms with van der Waals surface area (Å²) in [6.07, 6.45) is 0. The van der Waals surface area contributed by atoms with Gasteiger partial charge in [0.2, 0.25) is 0 Å². The monoisotopic (exact) mass is 185 g/mol. The highest BCUT2D eigenvalue weighted by molar-refractivity contribution is 7.10. The predicted octanol–water partition coefficient (Wildman–Crippen LogP) is 2.41. The molecule has 12 heavy (non-hydrogen) atoms. The average molecular weight is 185 g/mol. The minimum atomic E-state index is 0.138. The fourth-order valence-electron chi connectivity index (χ4n) is 0.945. The van der Waals surface area contributed by atoms with Gasteiger partial charge in [-0.3, -0.25) is 0 Å². The highest BCUT2D eigenvalue weighted by Crippen LogP contribution is 2.28. The predicted molar refractivity (Wildman–Crippen MR) is 52.6 cm³/mol. The second-order valence-electron chi connectivity index (χ2n) is 3.16. The van der Waals surface area contributed by atoms with Gasteiger partial charge in [-0.15, -0.1) is 11.3 Å². The molecular formula is C9H15NOS. The summed E-state index contributed by atoms with van der Waals surface area (Å²) >= 11 is 1.66. The van der Waals surface area contributed by atoms with Gasteiger partial charge in [-0.1, -0.05) is 13.8 Å². The largest absolute Gasteiger partial charge is 0.496 e. The second-order valence-corrected chi connectivity index (χ2v) is 4.10. The number of thiophene rings is 1. The molecule has 1 aromatic heterocycles. The van der Waals surface area contributed by atoms with Gasteiger partial charge in [0.15, 0.2) is 0 Å². The average Bonchev–Trinajstić information content (AvgIpc) is 2.50. The zero-order chi connectivity index (χ0) is 9.14. The van der Waals surface area contributed by atoms with Crippen molar-refractivity contribution in [2.45, 2.75) is 19.9 Å². The molecule has 0 saturated carbocycles. The Morgan fingerprint density at radius 3 is 2.58 bits per heavy atom. The van der Waals surface area contributed by atoms with E-state index in [9.17, 15) is 0 Å². The van der Waals surface area contributed by atoms with Crippen LogP contribution < -0.4 is 10.5 Å². The van der Waals surface area contributed by atoms with Crippen LogP contribution in [0.5, 0.6) is 5.75 Å². The zero-order valence-corrected chi connectivity index (χ0v) is 8.52. The van der Waals surface area contributed by atoms with Crippen molar-refractivity contribution in [3.05, 3.63) is 16.3 Å². The molecule has 68 valence electrons. The smallest absolute Gasteiger partial charge is 0.129 e. The first-order valence-electron chi connectivity index (χ1n) is 4.03. The Kier molecular flexibility index (Phi) is 3.12. The molecular weight excluding hydrogens is 170 g/mol. The summed E-state index contributed by atoms with van der Waals surface area (Å²) in [7, 11) is 1.67. The van der Waals surface area contributed by atoms with Crippen LogP contribution in [0.1, 0.15) is 24.8 Å². The van der Waals surface area contributed by atoms with E-state index in [1.807, 2.05) is 11.4 Å². The lowest BCUT2D eigenvalue weighted by molar-refractivity contribution is 0.415. The van der Waals surface area contributed by atoms with E-state index >= 15 is 0 Å². The SMILES string of the molecule is COc1csc(C(N)C(C)C)c1. The van der Waals surface area contributed by atoms with E-state index in [1.54, 1.807) is 18.4 Å². The van der Waals surface area contributed by atoms with Gasteiger partial charge < -0.3 is 10.5 Å². The van der Waals surface area contributed by atoms with Crippen LogP contribution in [0, 0.1) is 5.92 Å². The zero-order valence-electron chi connectivity index (χ0n) is 7.70. The van der Waals surface area contributed by atoms with Crippen molar-refractivity contribution in [1.29, 1.82) is 0 Å². The topological polar surface area (TPSA) is 35.2 Å². The number of hydrogen-bond donors (Lipinski definition) is 1. The van der Waals surface area contributed by atoms with Crippen LogP contribution in [0.3, 0.4) is 0 Å². The van der Waals surface area contributed by atoms with Crippen LogP contribution in [0.25, 0.3) is 0 Å². The van der Waals surface area contributed by atoms with Crippen LogP contribution in [0.2, 0.25) is 0 Å². The highest BCUT2D eigenvalue weighted by Gasteiger charge is 2.12. The first-order valence-corrected chi connectivity index (χ1v) is 4.91. The van der Waals surface area contributed by atoms with E-state index in [4.69, 9.17) is 10.5 Å². The molecule has 0 aromatic carbocycles. The third kappa shape index (κ3) is 1.99. The Hall–Kier alpha value is -0.540. The highest BCUT2D eigenvalue weighted by atomic mass is 32.1. The maximum Gasteiger partial charge on any atom is 0.129 e. The van der Waals surface area contributed by atoms with E-state index in [0.29, 0.717) is 5.92 Å². The van der Waals surface area contributed by atoms with Crippen LogP contribution in [-0.4, -0.2) is 7.11 Å². The minimum absolute atomic E-state index is 0.138. The molecule has 0 amide bonds. The van der Waals surface area contributed by atoms with Crippen LogP contribution in [0.4, 0.5) is 0 Å². The van der Waals surface area contributed by atoms with E-state index < -0.39 is 0 Å². The van der Waals surface area contributed by atoms with Crippen LogP contribution in [-0.2, 0) is 0 Å². The molecule has 0 bridgehead atoms. The second kappa shape index (κ2) is 3.92. The quantitative estimate of drug-likeness (QED) is 0.785. The molecule has 0 saturated heterocycles. The van der Waals surface area contributed by atoms with Crippen LogP contribution >= 0.6 is 11.3 Å². The van der Waals surface area contributed by atoms with Crippen LogP contribution in [0.15, 0.2) is 11.4 Å². The van der Waals surface area contributed by atoms with E-state index in [0.717, 1.165) is 5.75 Å². The Balaban J connectivity index is 2.74. The molecule has 0 aliphatic rings. The normalized spacial score (nSPS) is 13.4. The summed E-state index contributed by atoms with van der Waals surface area (Å²) in [6.45, 7) is 4.24.